The molecule has 1 saturated heterocycles. The van der Waals surface area contributed by atoms with Crippen molar-refractivity contribution < 1.29 is 13.2 Å². The van der Waals surface area contributed by atoms with Crippen molar-refractivity contribution in [2.24, 2.45) is 5.92 Å². The SMILES string of the molecule is Cc1ccc(C(=O)Nc2ccc(S(=O)(=O)N3CCCC3C(C)C)cc2)cc1I. The lowest BCUT2D eigenvalue weighted by Gasteiger charge is -2.27. The Morgan fingerprint density at radius 1 is 1.18 bits per heavy atom. The molecule has 0 aliphatic carbocycles. The van der Waals surface area contributed by atoms with Gasteiger partial charge in [-0.25, -0.2) is 8.42 Å². The molecule has 2 aromatic rings. The topological polar surface area (TPSA) is 66.5 Å². The van der Waals surface area contributed by atoms with Crippen LogP contribution in [0.15, 0.2) is 47.4 Å². The molecule has 0 bridgehead atoms. The Balaban J connectivity index is 1.76. The van der Waals surface area contributed by atoms with Crippen molar-refractivity contribution in [3.05, 3.63) is 57.2 Å². The Hall–Kier alpha value is -1.45. The number of benzene rings is 2. The fourth-order valence-corrected chi connectivity index (χ4v) is 5.85. The van der Waals surface area contributed by atoms with Crippen LogP contribution in [0.5, 0.6) is 0 Å². The molecule has 3 rings (SSSR count). The van der Waals surface area contributed by atoms with Gasteiger partial charge in [0.2, 0.25) is 10.0 Å². The van der Waals surface area contributed by atoms with E-state index in [9.17, 15) is 13.2 Å². The first-order chi connectivity index (χ1) is 13.2. The van der Waals surface area contributed by atoms with Crippen LogP contribution < -0.4 is 5.32 Å². The van der Waals surface area contributed by atoms with E-state index in [0.29, 0.717) is 17.8 Å². The molecule has 0 saturated carbocycles. The maximum Gasteiger partial charge on any atom is 0.255 e. The second-order valence-corrected chi connectivity index (χ2v) is 10.6. The Bertz CT molecular complexity index is 972. The van der Waals surface area contributed by atoms with Gasteiger partial charge in [0, 0.05) is 27.4 Å². The van der Waals surface area contributed by atoms with E-state index >= 15 is 0 Å². The zero-order chi connectivity index (χ0) is 20.5. The van der Waals surface area contributed by atoms with E-state index in [1.165, 1.54) is 0 Å². The molecular formula is C21H25IN2O3S. The fraction of sp³-hybridized carbons (Fsp3) is 0.381. The highest BCUT2D eigenvalue weighted by Gasteiger charge is 2.36. The largest absolute Gasteiger partial charge is 0.322 e. The third kappa shape index (κ3) is 4.41. The standard InChI is InChI=1S/C21H25IN2O3S/c1-14(2)20-5-4-12-24(20)28(26,27)18-10-8-17(9-11-18)23-21(25)16-7-6-15(3)19(22)13-16/h6-11,13-14,20H,4-5,12H2,1-3H3,(H,23,25). The highest BCUT2D eigenvalue weighted by atomic mass is 127. The average molecular weight is 512 g/mol. The molecule has 150 valence electrons. The number of rotatable bonds is 5. The van der Waals surface area contributed by atoms with Gasteiger partial charge >= 0.3 is 0 Å². The predicted octanol–water partition coefficient (Wildman–Crippen LogP) is 4.66. The molecule has 7 heteroatoms. The Kier molecular flexibility index (Phi) is 6.46. The van der Waals surface area contributed by atoms with E-state index in [-0.39, 0.29) is 22.8 Å². The summed E-state index contributed by atoms with van der Waals surface area (Å²) < 4.78 is 28.7. The van der Waals surface area contributed by atoms with Crippen LogP contribution in [-0.2, 0) is 10.0 Å². The molecule has 2 aromatic carbocycles. The van der Waals surface area contributed by atoms with Gasteiger partial charge < -0.3 is 5.32 Å². The number of halogens is 1. The van der Waals surface area contributed by atoms with Crippen molar-refractivity contribution in [3.63, 3.8) is 0 Å². The average Bonchev–Trinajstić information content (AvgIpc) is 3.15. The third-order valence-corrected chi connectivity index (χ3v) is 8.27. The molecule has 5 nitrogen and oxygen atoms in total. The van der Waals surface area contributed by atoms with Gasteiger partial charge in [0.05, 0.1) is 4.90 Å². The van der Waals surface area contributed by atoms with Crippen LogP contribution in [-0.4, -0.2) is 31.2 Å². The summed E-state index contributed by atoms with van der Waals surface area (Å²) in [4.78, 5) is 12.7. The smallest absolute Gasteiger partial charge is 0.255 e. The minimum absolute atomic E-state index is 0.0494. The Morgan fingerprint density at radius 3 is 2.46 bits per heavy atom. The highest BCUT2D eigenvalue weighted by molar-refractivity contribution is 14.1. The van der Waals surface area contributed by atoms with Crippen LogP contribution in [0.2, 0.25) is 0 Å². The minimum atomic E-state index is -3.52. The number of nitrogens with one attached hydrogen (secondary N) is 1. The number of carbonyl (C=O) groups excluding carboxylic acids is 1. The summed E-state index contributed by atoms with van der Waals surface area (Å²) in [6.45, 7) is 6.68. The van der Waals surface area contributed by atoms with Gasteiger partial charge in [-0.1, -0.05) is 19.9 Å². The number of aryl methyl sites for hydroxylation is 1. The van der Waals surface area contributed by atoms with Crippen LogP contribution in [0.1, 0.15) is 42.6 Å². The van der Waals surface area contributed by atoms with Gasteiger partial charge in [-0.3, -0.25) is 4.79 Å². The third-order valence-electron chi connectivity index (χ3n) is 5.17. The van der Waals surface area contributed by atoms with Gasteiger partial charge in [-0.15, -0.1) is 0 Å². The summed E-state index contributed by atoms with van der Waals surface area (Å²) in [7, 11) is -3.52. The molecule has 0 radical (unpaired) electrons. The lowest BCUT2D eigenvalue weighted by Crippen LogP contribution is -2.38. The molecule has 0 spiro atoms. The maximum absolute atomic E-state index is 13.0. The van der Waals surface area contributed by atoms with Gasteiger partial charge in [0.15, 0.2) is 0 Å². The number of hydrogen-bond acceptors (Lipinski definition) is 3. The van der Waals surface area contributed by atoms with Crippen molar-refractivity contribution in [2.75, 3.05) is 11.9 Å². The maximum atomic E-state index is 13.0. The monoisotopic (exact) mass is 512 g/mol. The molecule has 1 fully saturated rings. The first-order valence-electron chi connectivity index (χ1n) is 9.39. The van der Waals surface area contributed by atoms with Crippen molar-refractivity contribution >= 4 is 44.2 Å². The summed E-state index contributed by atoms with van der Waals surface area (Å²) in [6, 6.07) is 12.0. The first kappa shape index (κ1) is 21.3. The molecule has 0 aromatic heterocycles. The molecular weight excluding hydrogens is 487 g/mol. The van der Waals surface area contributed by atoms with E-state index < -0.39 is 10.0 Å². The molecule has 1 aliphatic heterocycles. The van der Waals surface area contributed by atoms with Gasteiger partial charge in [0.25, 0.3) is 5.91 Å². The lowest BCUT2D eigenvalue weighted by atomic mass is 10.0. The summed E-state index contributed by atoms with van der Waals surface area (Å²) in [5.74, 6) is 0.0704. The number of amides is 1. The lowest BCUT2D eigenvalue weighted by molar-refractivity contribution is 0.102. The first-order valence-corrected chi connectivity index (χ1v) is 11.9. The summed E-state index contributed by atoms with van der Waals surface area (Å²) >= 11 is 2.20. The van der Waals surface area contributed by atoms with Crippen LogP contribution in [0.3, 0.4) is 0 Å². The van der Waals surface area contributed by atoms with E-state index in [4.69, 9.17) is 0 Å². The van der Waals surface area contributed by atoms with Crippen molar-refractivity contribution in [2.45, 2.75) is 44.6 Å². The second kappa shape index (κ2) is 8.51. The molecule has 1 atom stereocenters. The van der Waals surface area contributed by atoms with Gasteiger partial charge in [-0.05, 0) is 90.2 Å². The molecule has 1 amide bonds. The summed E-state index contributed by atoms with van der Waals surface area (Å²) in [5.41, 5.74) is 2.26. The van der Waals surface area contributed by atoms with E-state index in [1.807, 2.05) is 19.1 Å². The van der Waals surface area contributed by atoms with Crippen LogP contribution >= 0.6 is 22.6 Å². The molecule has 1 aliphatic rings. The minimum Gasteiger partial charge on any atom is -0.322 e. The number of hydrogen-bond donors (Lipinski definition) is 1. The van der Waals surface area contributed by atoms with E-state index in [0.717, 1.165) is 22.0 Å². The van der Waals surface area contributed by atoms with E-state index in [2.05, 4.69) is 41.8 Å². The van der Waals surface area contributed by atoms with Crippen molar-refractivity contribution in [1.29, 1.82) is 0 Å². The Labute approximate surface area is 180 Å². The quantitative estimate of drug-likeness (QED) is 0.593. The predicted molar refractivity (Wildman–Crippen MR) is 120 cm³/mol. The van der Waals surface area contributed by atoms with Gasteiger partial charge in [0.1, 0.15) is 0 Å². The fourth-order valence-electron chi connectivity index (χ4n) is 3.51. The zero-order valence-corrected chi connectivity index (χ0v) is 19.2. The zero-order valence-electron chi connectivity index (χ0n) is 16.3. The normalized spacial score (nSPS) is 17.8. The molecule has 1 N–H and O–H groups in total. The summed E-state index contributed by atoms with van der Waals surface area (Å²) in [5, 5.41) is 2.83. The number of anilines is 1. The van der Waals surface area contributed by atoms with Crippen LogP contribution in [0.4, 0.5) is 5.69 Å². The molecule has 1 unspecified atom stereocenters. The number of nitrogens with zero attached hydrogens (tertiary/aromatic N) is 1. The van der Waals surface area contributed by atoms with Crippen LogP contribution in [0.25, 0.3) is 0 Å². The second-order valence-electron chi connectivity index (χ2n) is 7.51. The summed E-state index contributed by atoms with van der Waals surface area (Å²) in [6.07, 6.45) is 1.80. The van der Waals surface area contributed by atoms with E-state index in [1.54, 1.807) is 34.6 Å². The van der Waals surface area contributed by atoms with Crippen LogP contribution in [0, 0.1) is 16.4 Å². The molecule has 1 heterocycles. The van der Waals surface area contributed by atoms with Crippen molar-refractivity contribution in [1.82, 2.24) is 4.31 Å². The molecule has 28 heavy (non-hydrogen) atoms. The Morgan fingerprint density at radius 2 is 1.86 bits per heavy atom. The van der Waals surface area contributed by atoms with Gasteiger partial charge in [-0.2, -0.15) is 4.31 Å². The highest BCUT2D eigenvalue weighted by Crippen LogP contribution is 2.30. The number of carbonyl (C=O) groups is 1. The van der Waals surface area contributed by atoms with Crippen molar-refractivity contribution in [3.8, 4) is 0 Å². The number of sulfonamides is 1.